The highest BCUT2D eigenvalue weighted by Gasteiger charge is 2.13. The molecule has 2 rings (SSSR count). The van der Waals surface area contributed by atoms with Crippen molar-refractivity contribution in [3.05, 3.63) is 58.3 Å². The van der Waals surface area contributed by atoms with Crippen molar-refractivity contribution in [1.29, 1.82) is 0 Å². The Labute approximate surface area is 127 Å². The molecule has 1 unspecified atom stereocenters. The molecule has 0 spiro atoms. The van der Waals surface area contributed by atoms with E-state index in [9.17, 15) is 4.39 Å². The molecule has 1 atom stereocenters. The van der Waals surface area contributed by atoms with E-state index in [2.05, 4.69) is 28.2 Å². The summed E-state index contributed by atoms with van der Waals surface area (Å²) >= 11 is 3.42. The molecule has 0 aliphatic heterocycles. The van der Waals surface area contributed by atoms with E-state index in [0.717, 1.165) is 16.6 Å². The highest BCUT2D eigenvalue weighted by Crippen LogP contribution is 2.33. The predicted octanol–water partition coefficient (Wildman–Crippen LogP) is 5.05. The SMILES string of the molecule is CCNC(C)c1ccc(Br)cc1Oc1ccccc1F. The minimum Gasteiger partial charge on any atom is -0.454 e. The molecule has 20 heavy (non-hydrogen) atoms. The molecule has 0 radical (unpaired) electrons. The number of benzene rings is 2. The molecule has 0 saturated heterocycles. The van der Waals surface area contributed by atoms with Crippen LogP contribution in [0.5, 0.6) is 11.5 Å². The van der Waals surface area contributed by atoms with Crippen molar-refractivity contribution in [3.8, 4) is 11.5 Å². The maximum absolute atomic E-state index is 13.7. The van der Waals surface area contributed by atoms with Crippen molar-refractivity contribution in [2.75, 3.05) is 6.54 Å². The first-order valence-electron chi connectivity index (χ1n) is 6.57. The molecule has 0 aliphatic rings. The quantitative estimate of drug-likeness (QED) is 0.824. The summed E-state index contributed by atoms with van der Waals surface area (Å²) in [6.07, 6.45) is 0. The van der Waals surface area contributed by atoms with Crippen molar-refractivity contribution >= 4 is 15.9 Å². The van der Waals surface area contributed by atoms with Gasteiger partial charge in [0, 0.05) is 16.1 Å². The third-order valence-corrected chi connectivity index (χ3v) is 3.50. The second-order valence-corrected chi connectivity index (χ2v) is 5.41. The van der Waals surface area contributed by atoms with Crippen molar-refractivity contribution in [2.45, 2.75) is 19.9 Å². The fourth-order valence-electron chi connectivity index (χ4n) is 2.02. The summed E-state index contributed by atoms with van der Waals surface area (Å²) in [5.74, 6) is 0.517. The molecular weight excluding hydrogens is 321 g/mol. The smallest absolute Gasteiger partial charge is 0.165 e. The Morgan fingerprint density at radius 1 is 1.20 bits per heavy atom. The molecule has 0 aliphatic carbocycles. The van der Waals surface area contributed by atoms with Crippen LogP contribution in [0.4, 0.5) is 4.39 Å². The number of rotatable bonds is 5. The van der Waals surface area contributed by atoms with Gasteiger partial charge in [0.05, 0.1) is 0 Å². The van der Waals surface area contributed by atoms with Gasteiger partial charge < -0.3 is 10.1 Å². The molecule has 1 N–H and O–H groups in total. The lowest BCUT2D eigenvalue weighted by Crippen LogP contribution is -2.18. The minimum atomic E-state index is -0.366. The molecule has 0 bridgehead atoms. The van der Waals surface area contributed by atoms with E-state index < -0.39 is 0 Å². The number of halogens is 2. The van der Waals surface area contributed by atoms with E-state index in [-0.39, 0.29) is 17.6 Å². The predicted molar refractivity (Wildman–Crippen MR) is 82.7 cm³/mol. The molecule has 2 aromatic carbocycles. The molecule has 2 nitrogen and oxygen atoms in total. The van der Waals surface area contributed by atoms with Gasteiger partial charge in [-0.15, -0.1) is 0 Å². The van der Waals surface area contributed by atoms with Gasteiger partial charge in [-0.05, 0) is 37.7 Å². The van der Waals surface area contributed by atoms with Gasteiger partial charge in [-0.2, -0.15) is 0 Å². The number of hydrogen-bond acceptors (Lipinski definition) is 2. The second kappa shape index (κ2) is 6.86. The van der Waals surface area contributed by atoms with Crippen molar-refractivity contribution in [1.82, 2.24) is 5.32 Å². The van der Waals surface area contributed by atoms with Gasteiger partial charge in [0.25, 0.3) is 0 Å². The normalized spacial score (nSPS) is 12.2. The highest BCUT2D eigenvalue weighted by molar-refractivity contribution is 9.10. The van der Waals surface area contributed by atoms with Gasteiger partial charge in [-0.3, -0.25) is 0 Å². The highest BCUT2D eigenvalue weighted by atomic mass is 79.9. The molecular formula is C16H17BrFNO. The molecule has 2 aromatic rings. The fraction of sp³-hybridized carbons (Fsp3) is 0.250. The largest absolute Gasteiger partial charge is 0.454 e. The molecule has 0 heterocycles. The van der Waals surface area contributed by atoms with E-state index in [0.29, 0.717) is 5.75 Å². The van der Waals surface area contributed by atoms with E-state index in [1.54, 1.807) is 18.2 Å². The molecule has 4 heteroatoms. The van der Waals surface area contributed by atoms with Crippen LogP contribution >= 0.6 is 15.9 Å². The summed E-state index contributed by atoms with van der Waals surface area (Å²) in [5.41, 5.74) is 0.998. The Hall–Kier alpha value is -1.39. The Morgan fingerprint density at radius 3 is 2.65 bits per heavy atom. The summed E-state index contributed by atoms with van der Waals surface area (Å²) in [6.45, 7) is 4.96. The van der Waals surface area contributed by atoms with Crippen molar-refractivity contribution in [2.24, 2.45) is 0 Å². The Balaban J connectivity index is 2.35. The lowest BCUT2D eigenvalue weighted by Gasteiger charge is -2.18. The number of nitrogens with one attached hydrogen (secondary N) is 1. The van der Waals surface area contributed by atoms with Gasteiger partial charge in [0.2, 0.25) is 0 Å². The molecule has 0 saturated carbocycles. The van der Waals surface area contributed by atoms with Crippen LogP contribution in [0.2, 0.25) is 0 Å². The Morgan fingerprint density at radius 2 is 1.95 bits per heavy atom. The van der Waals surface area contributed by atoms with E-state index in [4.69, 9.17) is 4.74 Å². The molecule has 0 fully saturated rings. The van der Waals surface area contributed by atoms with Gasteiger partial charge in [0.1, 0.15) is 5.75 Å². The first kappa shape index (κ1) is 15.0. The van der Waals surface area contributed by atoms with E-state index >= 15 is 0 Å². The van der Waals surface area contributed by atoms with E-state index in [1.807, 2.05) is 25.1 Å². The zero-order chi connectivity index (χ0) is 14.5. The second-order valence-electron chi connectivity index (χ2n) is 4.49. The summed E-state index contributed by atoms with van der Waals surface area (Å²) in [4.78, 5) is 0. The molecule has 0 aromatic heterocycles. The Bertz CT molecular complexity index is 588. The average Bonchev–Trinajstić information content (AvgIpc) is 2.42. The monoisotopic (exact) mass is 337 g/mol. The van der Waals surface area contributed by atoms with Gasteiger partial charge in [-0.25, -0.2) is 4.39 Å². The van der Waals surface area contributed by atoms with Gasteiger partial charge in [0.15, 0.2) is 11.6 Å². The maximum Gasteiger partial charge on any atom is 0.165 e. The third-order valence-electron chi connectivity index (χ3n) is 3.01. The summed E-state index contributed by atoms with van der Waals surface area (Å²) < 4.78 is 20.3. The number of hydrogen-bond donors (Lipinski definition) is 1. The van der Waals surface area contributed by atoms with Crippen LogP contribution in [0.1, 0.15) is 25.5 Å². The van der Waals surface area contributed by atoms with Crippen LogP contribution in [-0.2, 0) is 0 Å². The summed E-state index contributed by atoms with van der Waals surface area (Å²) in [5, 5.41) is 3.33. The van der Waals surface area contributed by atoms with Crippen LogP contribution in [0.3, 0.4) is 0 Å². The zero-order valence-corrected chi connectivity index (χ0v) is 13.1. The first-order valence-corrected chi connectivity index (χ1v) is 7.36. The number of para-hydroxylation sites is 1. The van der Waals surface area contributed by atoms with Crippen LogP contribution in [0.25, 0.3) is 0 Å². The maximum atomic E-state index is 13.7. The zero-order valence-electron chi connectivity index (χ0n) is 11.5. The van der Waals surface area contributed by atoms with Crippen molar-refractivity contribution < 1.29 is 9.13 Å². The van der Waals surface area contributed by atoms with Crippen LogP contribution in [0, 0.1) is 5.82 Å². The lowest BCUT2D eigenvalue weighted by molar-refractivity contribution is 0.430. The van der Waals surface area contributed by atoms with Gasteiger partial charge in [-0.1, -0.05) is 41.1 Å². The third kappa shape index (κ3) is 3.58. The molecule has 0 amide bonds. The number of ether oxygens (including phenoxy) is 1. The summed E-state index contributed by atoms with van der Waals surface area (Å²) in [6, 6.07) is 12.3. The summed E-state index contributed by atoms with van der Waals surface area (Å²) in [7, 11) is 0. The van der Waals surface area contributed by atoms with Crippen molar-refractivity contribution in [3.63, 3.8) is 0 Å². The Kier molecular flexibility index (Phi) is 5.15. The molecule has 106 valence electrons. The fourth-order valence-corrected chi connectivity index (χ4v) is 2.36. The van der Waals surface area contributed by atoms with Crippen LogP contribution in [0.15, 0.2) is 46.9 Å². The lowest BCUT2D eigenvalue weighted by atomic mass is 10.1. The first-order chi connectivity index (χ1) is 9.61. The van der Waals surface area contributed by atoms with Gasteiger partial charge >= 0.3 is 0 Å². The van der Waals surface area contributed by atoms with Crippen LogP contribution < -0.4 is 10.1 Å². The van der Waals surface area contributed by atoms with Crippen LogP contribution in [-0.4, -0.2) is 6.54 Å². The topological polar surface area (TPSA) is 21.3 Å². The minimum absolute atomic E-state index is 0.134. The average molecular weight is 338 g/mol. The standard InChI is InChI=1S/C16H17BrFNO/c1-3-19-11(2)13-9-8-12(17)10-16(13)20-15-7-5-4-6-14(15)18/h4-11,19H,3H2,1-2H3. The van der Waals surface area contributed by atoms with E-state index in [1.165, 1.54) is 6.07 Å².